The van der Waals surface area contributed by atoms with Gasteiger partial charge in [0, 0.05) is 23.7 Å². The molecule has 0 radical (unpaired) electrons. The zero-order valence-electron chi connectivity index (χ0n) is 11.2. The van der Waals surface area contributed by atoms with E-state index >= 15 is 0 Å². The number of halogens is 2. The van der Waals surface area contributed by atoms with Crippen molar-refractivity contribution >= 4 is 17.5 Å². The van der Waals surface area contributed by atoms with Crippen molar-refractivity contribution in [3.8, 4) is 0 Å². The van der Waals surface area contributed by atoms with Gasteiger partial charge in [-0.25, -0.2) is 4.39 Å². The number of rotatable bonds is 3. The third-order valence-electron chi connectivity index (χ3n) is 3.43. The Bertz CT molecular complexity index is 648. The molecule has 110 valence electrons. The summed E-state index contributed by atoms with van der Waals surface area (Å²) in [5, 5.41) is 7.83. The maximum absolute atomic E-state index is 13.7. The lowest BCUT2D eigenvalue weighted by molar-refractivity contribution is 0.0751. The fourth-order valence-corrected chi connectivity index (χ4v) is 2.55. The monoisotopic (exact) mass is 309 g/mol. The highest BCUT2D eigenvalue weighted by Crippen LogP contribution is 2.22. The number of carbonyl (C=O) groups excluding carboxylic acids is 1. The van der Waals surface area contributed by atoms with Gasteiger partial charge in [0.1, 0.15) is 5.82 Å². The van der Waals surface area contributed by atoms with E-state index in [2.05, 4.69) is 10.2 Å². The first kappa shape index (κ1) is 14.0. The maximum Gasteiger partial charge on any atom is 0.311 e. The molecule has 0 N–H and O–H groups in total. The summed E-state index contributed by atoms with van der Waals surface area (Å²) in [6.45, 7) is 1.41. The Morgan fingerprint density at radius 3 is 2.81 bits per heavy atom. The highest BCUT2D eigenvalue weighted by molar-refractivity contribution is 6.31. The molecule has 21 heavy (non-hydrogen) atoms. The predicted octanol–water partition coefficient (Wildman–Crippen LogP) is 2.69. The summed E-state index contributed by atoms with van der Waals surface area (Å²) in [5.41, 5.74) is 0.281. The lowest BCUT2D eigenvalue weighted by atomic mass is 10.1. The average molecular weight is 310 g/mol. The first-order valence-corrected chi connectivity index (χ1v) is 7.07. The second-order valence-electron chi connectivity index (χ2n) is 4.88. The van der Waals surface area contributed by atoms with Crippen molar-refractivity contribution in [1.29, 1.82) is 0 Å². The Labute approximate surface area is 125 Å². The van der Waals surface area contributed by atoms with Crippen LogP contribution < -0.4 is 0 Å². The summed E-state index contributed by atoms with van der Waals surface area (Å²) >= 11 is 5.95. The van der Waals surface area contributed by atoms with Gasteiger partial charge in [0.15, 0.2) is 0 Å². The van der Waals surface area contributed by atoms with Gasteiger partial charge in [0.05, 0.1) is 6.42 Å². The Morgan fingerprint density at radius 1 is 1.33 bits per heavy atom. The summed E-state index contributed by atoms with van der Waals surface area (Å²) in [6, 6.07) is 4.43. The van der Waals surface area contributed by atoms with Crippen LogP contribution in [0.25, 0.3) is 0 Å². The Hall–Kier alpha value is -1.95. The first-order chi connectivity index (χ1) is 10.1. The molecule has 1 amide bonds. The van der Waals surface area contributed by atoms with Crippen LogP contribution in [-0.2, 0) is 6.42 Å². The van der Waals surface area contributed by atoms with Crippen LogP contribution in [0.2, 0.25) is 5.02 Å². The van der Waals surface area contributed by atoms with E-state index in [1.165, 1.54) is 12.1 Å². The van der Waals surface area contributed by atoms with E-state index in [9.17, 15) is 9.18 Å². The van der Waals surface area contributed by atoms with Crippen LogP contribution in [0.4, 0.5) is 4.39 Å². The lowest BCUT2D eigenvalue weighted by Crippen LogP contribution is -2.27. The minimum atomic E-state index is -0.437. The van der Waals surface area contributed by atoms with Crippen LogP contribution in [0.5, 0.6) is 0 Å². The molecule has 2 aromatic rings. The zero-order valence-corrected chi connectivity index (χ0v) is 11.9. The number of likely N-dealkylation sites (tertiary alicyclic amines) is 1. The standard InChI is InChI=1S/C14H13ClFN3O2/c15-10-4-3-5-11(16)9(10)8-12-17-18-13(21-12)14(20)19-6-1-2-7-19/h3-5H,1-2,6-8H2. The van der Waals surface area contributed by atoms with Crippen molar-refractivity contribution in [2.24, 2.45) is 0 Å². The van der Waals surface area contributed by atoms with Gasteiger partial charge in [-0.3, -0.25) is 4.79 Å². The van der Waals surface area contributed by atoms with Gasteiger partial charge in [-0.2, -0.15) is 0 Å². The molecule has 3 rings (SSSR count). The molecule has 1 saturated heterocycles. The molecular formula is C14H13ClFN3O2. The summed E-state index contributed by atoms with van der Waals surface area (Å²) in [6.07, 6.45) is 2.03. The SMILES string of the molecule is O=C(c1nnc(Cc2c(F)cccc2Cl)o1)N1CCCC1. The van der Waals surface area contributed by atoms with E-state index in [4.69, 9.17) is 16.0 Å². The maximum atomic E-state index is 13.7. The molecule has 0 spiro atoms. The van der Waals surface area contributed by atoms with E-state index < -0.39 is 5.82 Å². The third-order valence-corrected chi connectivity index (χ3v) is 3.79. The second-order valence-corrected chi connectivity index (χ2v) is 5.28. The molecule has 2 heterocycles. The first-order valence-electron chi connectivity index (χ1n) is 6.69. The van der Waals surface area contributed by atoms with Crippen LogP contribution in [-0.4, -0.2) is 34.1 Å². The second kappa shape index (κ2) is 5.81. The molecule has 0 aliphatic carbocycles. The van der Waals surface area contributed by atoms with Gasteiger partial charge in [-0.1, -0.05) is 17.7 Å². The number of hydrogen-bond donors (Lipinski definition) is 0. The largest absolute Gasteiger partial charge is 0.417 e. The molecule has 1 aliphatic rings. The topological polar surface area (TPSA) is 59.2 Å². The van der Waals surface area contributed by atoms with Crippen LogP contribution >= 0.6 is 11.6 Å². The van der Waals surface area contributed by atoms with Crippen molar-refractivity contribution < 1.29 is 13.6 Å². The third kappa shape index (κ3) is 2.90. The lowest BCUT2D eigenvalue weighted by Gasteiger charge is -2.11. The average Bonchev–Trinajstić information content (AvgIpc) is 3.14. The van der Waals surface area contributed by atoms with Gasteiger partial charge in [-0.15, -0.1) is 10.2 Å². The quantitative estimate of drug-likeness (QED) is 0.874. The van der Waals surface area contributed by atoms with E-state index in [1.54, 1.807) is 11.0 Å². The molecule has 5 nitrogen and oxygen atoms in total. The molecule has 1 aliphatic heterocycles. The van der Waals surface area contributed by atoms with Gasteiger partial charge >= 0.3 is 11.8 Å². The van der Waals surface area contributed by atoms with E-state index in [0.717, 1.165) is 12.8 Å². The predicted molar refractivity (Wildman–Crippen MR) is 73.7 cm³/mol. The van der Waals surface area contributed by atoms with Crippen molar-refractivity contribution in [1.82, 2.24) is 15.1 Å². The van der Waals surface area contributed by atoms with E-state index in [0.29, 0.717) is 18.1 Å². The fraction of sp³-hybridized carbons (Fsp3) is 0.357. The molecule has 0 unspecified atom stereocenters. The molecule has 0 atom stereocenters. The summed E-state index contributed by atoms with van der Waals surface area (Å²) in [7, 11) is 0. The van der Waals surface area contributed by atoms with Crippen LogP contribution in [0.1, 0.15) is 35.0 Å². The molecule has 0 bridgehead atoms. The smallest absolute Gasteiger partial charge is 0.311 e. The van der Waals surface area contributed by atoms with Crippen molar-refractivity contribution in [2.45, 2.75) is 19.3 Å². The van der Waals surface area contributed by atoms with E-state index in [1.807, 2.05) is 0 Å². The molecule has 1 fully saturated rings. The van der Waals surface area contributed by atoms with Gasteiger partial charge in [0.2, 0.25) is 5.89 Å². The number of amides is 1. The number of carbonyl (C=O) groups is 1. The number of aromatic nitrogens is 2. The summed E-state index contributed by atoms with van der Waals surface area (Å²) in [5.74, 6) is -0.595. The Balaban J connectivity index is 1.77. The van der Waals surface area contributed by atoms with Gasteiger partial charge in [0.25, 0.3) is 0 Å². The Morgan fingerprint density at radius 2 is 2.10 bits per heavy atom. The highest BCUT2D eigenvalue weighted by Gasteiger charge is 2.24. The van der Waals surface area contributed by atoms with Crippen LogP contribution in [0.15, 0.2) is 22.6 Å². The molecule has 7 heteroatoms. The fourth-order valence-electron chi connectivity index (χ4n) is 2.32. The van der Waals surface area contributed by atoms with Gasteiger partial charge < -0.3 is 9.32 Å². The van der Waals surface area contributed by atoms with Crippen molar-refractivity contribution in [2.75, 3.05) is 13.1 Å². The van der Waals surface area contributed by atoms with Gasteiger partial charge in [-0.05, 0) is 25.0 Å². The van der Waals surface area contributed by atoms with E-state index in [-0.39, 0.29) is 29.7 Å². The summed E-state index contributed by atoms with van der Waals surface area (Å²) < 4.78 is 19.0. The van der Waals surface area contributed by atoms with Crippen molar-refractivity contribution in [3.63, 3.8) is 0 Å². The zero-order chi connectivity index (χ0) is 14.8. The molecule has 0 saturated carbocycles. The van der Waals surface area contributed by atoms with Crippen molar-refractivity contribution in [3.05, 3.63) is 46.4 Å². The highest BCUT2D eigenvalue weighted by atomic mass is 35.5. The molecule has 1 aromatic heterocycles. The molecular weight excluding hydrogens is 297 g/mol. The van der Waals surface area contributed by atoms with Crippen LogP contribution in [0, 0.1) is 5.82 Å². The number of hydrogen-bond acceptors (Lipinski definition) is 4. The molecule has 1 aromatic carbocycles. The minimum Gasteiger partial charge on any atom is -0.417 e. The minimum absolute atomic E-state index is 0.0561. The number of nitrogens with zero attached hydrogens (tertiary/aromatic N) is 3. The summed E-state index contributed by atoms with van der Waals surface area (Å²) in [4.78, 5) is 13.8. The normalized spacial score (nSPS) is 14.7. The van der Waals surface area contributed by atoms with Crippen LogP contribution in [0.3, 0.4) is 0 Å². The number of benzene rings is 1. The Kier molecular flexibility index (Phi) is 3.88.